The lowest BCUT2D eigenvalue weighted by Gasteiger charge is -2.20. The van der Waals surface area contributed by atoms with E-state index in [2.05, 4.69) is 18.7 Å². The molecule has 5 nitrogen and oxygen atoms in total. The van der Waals surface area contributed by atoms with E-state index in [0.29, 0.717) is 22.6 Å². The van der Waals surface area contributed by atoms with Crippen molar-refractivity contribution in [3.05, 3.63) is 94.7 Å². The molecule has 0 N–H and O–H groups in total. The van der Waals surface area contributed by atoms with Gasteiger partial charge in [0.25, 0.3) is 0 Å². The first kappa shape index (κ1) is 21.4. The molecule has 32 heavy (non-hydrogen) atoms. The summed E-state index contributed by atoms with van der Waals surface area (Å²) in [6.45, 7) is 8.02. The minimum Gasteiger partial charge on any atom is -0.452 e. The van der Waals surface area contributed by atoms with Gasteiger partial charge in [-0.15, -0.1) is 0 Å². The van der Waals surface area contributed by atoms with Crippen molar-refractivity contribution < 1.29 is 19.1 Å². The lowest BCUT2D eigenvalue weighted by molar-refractivity contribution is 0.0734. The highest BCUT2D eigenvalue weighted by atomic mass is 16.5. The molecule has 3 aromatic rings. The van der Waals surface area contributed by atoms with Gasteiger partial charge in [0, 0.05) is 24.8 Å². The lowest BCUT2D eigenvalue weighted by Crippen LogP contribution is -2.21. The van der Waals surface area contributed by atoms with Crippen molar-refractivity contribution in [2.24, 2.45) is 0 Å². The molecule has 0 bridgehead atoms. The molecule has 0 spiro atoms. The summed E-state index contributed by atoms with van der Waals surface area (Å²) < 4.78 is 11.3. The molecule has 0 radical (unpaired) electrons. The quantitative estimate of drug-likeness (QED) is 0.288. The summed E-state index contributed by atoms with van der Waals surface area (Å²) in [7, 11) is 0. The Morgan fingerprint density at radius 2 is 1.75 bits per heavy atom. The van der Waals surface area contributed by atoms with Crippen molar-refractivity contribution in [1.82, 2.24) is 0 Å². The Morgan fingerprint density at radius 1 is 1.00 bits per heavy atom. The van der Waals surface area contributed by atoms with Crippen molar-refractivity contribution in [2.75, 3.05) is 18.0 Å². The summed E-state index contributed by atoms with van der Waals surface area (Å²) in [5.74, 6) is 0.313. The smallest absolute Gasteiger partial charge is 0.343 e. The highest BCUT2D eigenvalue weighted by Gasteiger charge is 2.28. The van der Waals surface area contributed by atoms with Crippen LogP contribution in [0.3, 0.4) is 0 Å². The fraction of sp³-hybridized carbons (Fsp3) is 0.185. The Morgan fingerprint density at radius 3 is 2.44 bits per heavy atom. The number of fused-ring (bicyclic) bond motifs is 1. The Bertz CT molecular complexity index is 1190. The van der Waals surface area contributed by atoms with Gasteiger partial charge in [-0.05, 0) is 68.8 Å². The van der Waals surface area contributed by atoms with Gasteiger partial charge < -0.3 is 14.4 Å². The predicted octanol–water partition coefficient (Wildman–Crippen LogP) is 5.68. The second-order valence-corrected chi connectivity index (χ2v) is 7.62. The van der Waals surface area contributed by atoms with E-state index in [-0.39, 0.29) is 11.5 Å². The minimum atomic E-state index is -0.456. The molecular formula is C27H25NO4. The summed E-state index contributed by atoms with van der Waals surface area (Å²) in [5.41, 5.74) is 3.91. The van der Waals surface area contributed by atoms with Gasteiger partial charge in [0.2, 0.25) is 5.78 Å². The first-order valence-electron chi connectivity index (χ1n) is 10.7. The van der Waals surface area contributed by atoms with Gasteiger partial charge in [0.15, 0.2) is 5.76 Å². The van der Waals surface area contributed by atoms with E-state index in [1.807, 2.05) is 43.3 Å². The van der Waals surface area contributed by atoms with E-state index >= 15 is 0 Å². The van der Waals surface area contributed by atoms with Gasteiger partial charge in [0.1, 0.15) is 11.5 Å². The Hall–Kier alpha value is -3.86. The second kappa shape index (κ2) is 9.10. The van der Waals surface area contributed by atoms with Crippen molar-refractivity contribution in [3.63, 3.8) is 0 Å². The molecule has 0 aromatic heterocycles. The number of anilines is 1. The predicted molar refractivity (Wildman–Crippen MR) is 126 cm³/mol. The largest absolute Gasteiger partial charge is 0.452 e. The fourth-order valence-electron chi connectivity index (χ4n) is 3.69. The molecule has 0 aliphatic carbocycles. The number of hydrogen-bond acceptors (Lipinski definition) is 5. The maximum Gasteiger partial charge on any atom is 0.343 e. The molecule has 0 fully saturated rings. The molecule has 5 heteroatoms. The van der Waals surface area contributed by atoms with Gasteiger partial charge in [-0.2, -0.15) is 0 Å². The highest BCUT2D eigenvalue weighted by Crippen LogP contribution is 2.35. The zero-order chi connectivity index (χ0) is 22.7. The van der Waals surface area contributed by atoms with Crippen LogP contribution in [0.4, 0.5) is 5.69 Å². The van der Waals surface area contributed by atoms with Crippen molar-refractivity contribution in [2.45, 2.75) is 20.8 Å². The normalized spacial score (nSPS) is 13.6. The van der Waals surface area contributed by atoms with E-state index in [4.69, 9.17) is 9.47 Å². The van der Waals surface area contributed by atoms with Crippen LogP contribution in [0.15, 0.2) is 72.5 Å². The summed E-state index contributed by atoms with van der Waals surface area (Å²) in [6.07, 6.45) is 1.73. The summed E-state index contributed by atoms with van der Waals surface area (Å²) in [5, 5.41) is 0. The third kappa shape index (κ3) is 4.42. The molecule has 162 valence electrons. The van der Waals surface area contributed by atoms with Crippen LogP contribution in [0.25, 0.3) is 6.08 Å². The average Bonchev–Trinajstić information content (AvgIpc) is 3.10. The Balaban J connectivity index is 1.50. The molecule has 0 amide bonds. The molecule has 3 aromatic carbocycles. The van der Waals surface area contributed by atoms with Crippen LogP contribution in [0.2, 0.25) is 0 Å². The van der Waals surface area contributed by atoms with E-state index in [0.717, 1.165) is 29.9 Å². The molecule has 1 aliphatic heterocycles. The maximum absolute atomic E-state index is 12.8. The molecule has 0 unspecified atom stereocenters. The van der Waals surface area contributed by atoms with Gasteiger partial charge in [0.05, 0.1) is 11.1 Å². The number of benzene rings is 3. The van der Waals surface area contributed by atoms with Crippen LogP contribution in [0.1, 0.15) is 45.7 Å². The molecule has 0 atom stereocenters. The number of esters is 1. The Kier molecular flexibility index (Phi) is 6.08. The molecule has 1 heterocycles. The zero-order valence-corrected chi connectivity index (χ0v) is 18.4. The number of ketones is 1. The maximum atomic E-state index is 12.8. The molecule has 0 saturated heterocycles. The fourth-order valence-corrected chi connectivity index (χ4v) is 3.69. The SMILES string of the molecule is CCN(CC)c1ccc(/C=C2\Oc3cc(OC(=O)c4cccc(C)c4)ccc3C2=O)cc1. The zero-order valence-electron chi connectivity index (χ0n) is 18.4. The van der Waals surface area contributed by atoms with E-state index < -0.39 is 5.97 Å². The first-order chi connectivity index (χ1) is 15.5. The van der Waals surface area contributed by atoms with Crippen molar-refractivity contribution in [3.8, 4) is 11.5 Å². The van der Waals surface area contributed by atoms with Crippen LogP contribution < -0.4 is 14.4 Å². The van der Waals surface area contributed by atoms with E-state index in [1.165, 1.54) is 0 Å². The van der Waals surface area contributed by atoms with Crippen LogP contribution in [0.5, 0.6) is 11.5 Å². The minimum absolute atomic E-state index is 0.190. The van der Waals surface area contributed by atoms with Crippen LogP contribution in [0, 0.1) is 6.92 Å². The summed E-state index contributed by atoms with van der Waals surface area (Å²) in [6, 6.07) is 20.0. The number of nitrogens with zero attached hydrogens (tertiary/aromatic N) is 1. The number of ether oxygens (including phenoxy) is 2. The second-order valence-electron chi connectivity index (χ2n) is 7.62. The van der Waals surface area contributed by atoms with E-state index in [1.54, 1.807) is 36.4 Å². The summed E-state index contributed by atoms with van der Waals surface area (Å²) in [4.78, 5) is 27.4. The summed E-state index contributed by atoms with van der Waals surface area (Å²) >= 11 is 0. The molecule has 4 rings (SSSR count). The molecule has 1 aliphatic rings. The highest BCUT2D eigenvalue weighted by molar-refractivity contribution is 6.14. The standard InChI is InChI=1S/C27H25NO4/c1-4-28(5-2)21-11-9-19(10-12-21)16-25-26(29)23-14-13-22(17-24(23)32-25)31-27(30)20-8-6-7-18(3)15-20/h6-17H,4-5H2,1-3H3/b25-16-. The topological polar surface area (TPSA) is 55.8 Å². The number of carbonyl (C=O) groups is 2. The molecular weight excluding hydrogens is 402 g/mol. The number of rotatable bonds is 6. The van der Waals surface area contributed by atoms with Gasteiger partial charge in [-0.3, -0.25) is 4.79 Å². The van der Waals surface area contributed by atoms with Crippen LogP contribution >= 0.6 is 0 Å². The average molecular weight is 428 g/mol. The molecule has 0 saturated carbocycles. The monoisotopic (exact) mass is 427 g/mol. The number of Topliss-reactive ketones (excluding diaryl/α,β-unsaturated/α-hetero) is 1. The van der Waals surface area contributed by atoms with Crippen molar-refractivity contribution in [1.29, 1.82) is 0 Å². The van der Waals surface area contributed by atoms with Gasteiger partial charge in [-0.1, -0.05) is 29.8 Å². The Labute approximate surface area is 187 Å². The third-order valence-corrected chi connectivity index (χ3v) is 5.43. The number of aryl methyl sites for hydroxylation is 1. The lowest BCUT2D eigenvalue weighted by atomic mass is 10.1. The van der Waals surface area contributed by atoms with E-state index in [9.17, 15) is 9.59 Å². The van der Waals surface area contributed by atoms with Gasteiger partial charge in [-0.25, -0.2) is 4.79 Å². The van der Waals surface area contributed by atoms with Gasteiger partial charge >= 0.3 is 5.97 Å². The number of carbonyl (C=O) groups excluding carboxylic acids is 2. The first-order valence-corrected chi connectivity index (χ1v) is 10.7. The van der Waals surface area contributed by atoms with Crippen LogP contribution in [-0.2, 0) is 0 Å². The van der Waals surface area contributed by atoms with Crippen LogP contribution in [-0.4, -0.2) is 24.8 Å². The van der Waals surface area contributed by atoms with Crippen molar-refractivity contribution >= 4 is 23.5 Å². The third-order valence-electron chi connectivity index (χ3n) is 5.43. The number of allylic oxidation sites excluding steroid dienone is 1. The number of hydrogen-bond donors (Lipinski definition) is 0.